The Kier molecular flexibility index (Phi) is 6.43. The molecule has 7 rings (SSSR count). The van der Waals surface area contributed by atoms with E-state index in [0.717, 1.165) is 23.1 Å². The van der Waals surface area contributed by atoms with Crippen LogP contribution in [-0.2, 0) is 17.9 Å². The minimum atomic E-state index is -0.00427. The lowest BCUT2D eigenvalue weighted by molar-refractivity contribution is -0.985. The molecule has 3 nitrogen and oxygen atoms in total. The maximum Gasteiger partial charge on any atom is 0.135 e. The SMILES string of the molecule is C=CC1C[N@+]2(Cc3ccccc3)CCC1C[C@H]2[C@H](OCc1ccccc1)c1ccnc2ccccc12. The van der Waals surface area contributed by atoms with Crippen molar-refractivity contribution in [3.8, 4) is 0 Å². The third kappa shape index (κ3) is 4.38. The molecule has 0 amide bonds. The number of piperidine rings is 3. The zero-order valence-electron chi connectivity index (χ0n) is 20.9. The van der Waals surface area contributed by atoms with Crippen molar-refractivity contribution in [2.24, 2.45) is 11.8 Å². The number of benzene rings is 3. The molecule has 4 aromatic rings. The molecule has 182 valence electrons. The van der Waals surface area contributed by atoms with Gasteiger partial charge in [0, 0.05) is 35.9 Å². The average molecular weight is 476 g/mol. The van der Waals surface area contributed by atoms with Crippen LogP contribution in [0.25, 0.3) is 10.9 Å². The van der Waals surface area contributed by atoms with E-state index in [1.807, 2.05) is 6.20 Å². The van der Waals surface area contributed by atoms with Crippen LogP contribution in [0.2, 0.25) is 0 Å². The predicted molar refractivity (Wildman–Crippen MR) is 146 cm³/mol. The summed E-state index contributed by atoms with van der Waals surface area (Å²) in [4.78, 5) is 4.67. The first-order valence-corrected chi connectivity index (χ1v) is 13.3. The standard InChI is InChI=1S/C33H35N2O/c1-2-27-23-35(22-25-11-5-3-6-12-25)20-18-28(27)21-32(35)33(36-24-26-13-7-4-8-14-26)30-17-19-34-31-16-10-9-15-29(30)31/h2-17,19,27-28,32-33H,1,18,20-24H2/q+1/t27?,28?,32-,33+,35+/m0/s1. The second-order valence-corrected chi connectivity index (χ2v) is 10.7. The van der Waals surface area contributed by atoms with Gasteiger partial charge < -0.3 is 9.22 Å². The lowest BCUT2D eigenvalue weighted by Gasteiger charge is -2.58. The zero-order chi connectivity index (χ0) is 24.4. The fourth-order valence-corrected chi connectivity index (χ4v) is 6.85. The van der Waals surface area contributed by atoms with Crippen LogP contribution in [0.5, 0.6) is 0 Å². The van der Waals surface area contributed by atoms with Gasteiger partial charge in [0.05, 0.1) is 25.2 Å². The summed E-state index contributed by atoms with van der Waals surface area (Å²) >= 11 is 0. The van der Waals surface area contributed by atoms with Crippen LogP contribution in [0.15, 0.2) is 110 Å². The molecule has 1 aromatic heterocycles. The van der Waals surface area contributed by atoms with E-state index in [-0.39, 0.29) is 6.10 Å². The largest absolute Gasteiger partial charge is 0.363 e. The first kappa shape index (κ1) is 23.1. The molecular formula is C33H35N2O+. The Morgan fingerprint density at radius 2 is 1.64 bits per heavy atom. The van der Waals surface area contributed by atoms with E-state index in [2.05, 4.69) is 109 Å². The van der Waals surface area contributed by atoms with E-state index in [1.165, 1.54) is 41.5 Å². The lowest BCUT2D eigenvalue weighted by atomic mass is 9.71. The van der Waals surface area contributed by atoms with Gasteiger partial charge in [-0.05, 0) is 29.2 Å². The van der Waals surface area contributed by atoms with Crippen LogP contribution < -0.4 is 0 Å². The molecule has 3 aliphatic rings. The van der Waals surface area contributed by atoms with E-state index >= 15 is 0 Å². The molecule has 3 heteroatoms. The number of hydrogen-bond acceptors (Lipinski definition) is 2. The topological polar surface area (TPSA) is 22.1 Å². The monoisotopic (exact) mass is 475 g/mol. The Morgan fingerprint density at radius 3 is 2.42 bits per heavy atom. The molecule has 0 spiro atoms. The van der Waals surface area contributed by atoms with E-state index < -0.39 is 0 Å². The smallest absolute Gasteiger partial charge is 0.135 e. The molecule has 0 N–H and O–H groups in total. The lowest BCUT2D eigenvalue weighted by Crippen LogP contribution is -2.67. The number of quaternary nitrogens is 1. The summed E-state index contributed by atoms with van der Waals surface area (Å²) in [6.07, 6.45) is 6.61. The van der Waals surface area contributed by atoms with Crippen LogP contribution in [0, 0.1) is 11.8 Å². The number of hydrogen-bond donors (Lipinski definition) is 0. The van der Waals surface area contributed by atoms with Gasteiger partial charge in [-0.2, -0.15) is 0 Å². The molecule has 2 unspecified atom stereocenters. The van der Waals surface area contributed by atoms with Gasteiger partial charge in [-0.25, -0.2) is 0 Å². The quantitative estimate of drug-likeness (QED) is 0.200. The maximum absolute atomic E-state index is 6.98. The zero-order valence-corrected chi connectivity index (χ0v) is 20.9. The van der Waals surface area contributed by atoms with Crippen LogP contribution in [0.4, 0.5) is 0 Å². The number of nitrogens with zero attached hydrogens (tertiary/aromatic N) is 2. The van der Waals surface area contributed by atoms with E-state index in [0.29, 0.717) is 24.5 Å². The van der Waals surface area contributed by atoms with Crippen molar-refractivity contribution < 1.29 is 9.22 Å². The van der Waals surface area contributed by atoms with Crippen molar-refractivity contribution in [1.82, 2.24) is 4.98 Å². The Labute approximate surface area is 214 Å². The second-order valence-electron chi connectivity index (χ2n) is 10.7. The van der Waals surface area contributed by atoms with Gasteiger partial charge in [0.15, 0.2) is 0 Å². The molecule has 0 radical (unpaired) electrons. The molecule has 3 saturated heterocycles. The molecular weight excluding hydrogens is 440 g/mol. The van der Waals surface area contributed by atoms with Gasteiger partial charge >= 0.3 is 0 Å². The minimum Gasteiger partial charge on any atom is -0.363 e. The number of aromatic nitrogens is 1. The van der Waals surface area contributed by atoms with Gasteiger partial charge in [-0.3, -0.25) is 4.98 Å². The summed E-state index contributed by atoms with van der Waals surface area (Å²) < 4.78 is 8.04. The van der Waals surface area contributed by atoms with Crippen molar-refractivity contribution in [1.29, 1.82) is 0 Å². The van der Waals surface area contributed by atoms with Crippen LogP contribution in [-0.4, -0.2) is 28.6 Å². The fourth-order valence-electron chi connectivity index (χ4n) is 6.85. The summed E-state index contributed by atoms with van der Waals surface area (Å²) in [5.74, 6) is 1.25. The van der Waals surface area contributed by atoms with Gasteiger partial charge in [0.25, 0.3) is 0 Å². The Hall–Kier alpha value is -3.27. The van der Waals surface area contributed by atoms with Crippen LogP contribution >= 0.6 is 0 Å². The molecule has 0 saturated carbocycles. The highest BCUT2D eigenvalue weighted by Crippen LogP contribution is 2.49. The normalized spacial score (nSPS) is 26.1. The summed E-state index contributed by atoms with van der Waals surface area (Å²) in [6, 6.07) is 32.7. The number of fused-ring (bicyclic) bond motifs is 4. The maximum atomic E-state index is 6.98. The average Bonchev–Trinajstić information content (AvgIpc) is 2.94. The highest BCUT2D eigenvalue weighted by Gasteiger charge is 2.54. The molecule has 3 fully saturated rings. The van der Waals surface area contributed by atoms with Crippen LogP contribution in [0.1, 0.15) is 35.6 Å². The van der Waals surface area contributed by atoms with Gasteiger partial charge in [-0.15, -0.1) is 6.58 Å². The summed E-state index contributed by atoms with van der Waals surface area (Å²) in [5.41, 5.74) is 4.94. The van der Waals surface area contributed by atoms with E-state index in [1.54, 1.807) is 0 Å². The summed E-state index contributed by atoms with van der Waals surface area (Å²) in [5, 5.41) is 1.21. The number of ether oxygens (including phenoxy) is 1. The molecule has 36 heavy (non-hydrogen) atoms. The number of para-hydroxylation sites is 1. The highest BCUT2D eigenvalue weighted by molar-refractivity contribution is 5.82. The summed E-state index contributed by atoms with van der Waals surface area (Å²) in [6.45, 7) is 8.22. The molecule has 3 aliphatic heterocycles. The fraction of sp³-hybridized carbons (Fsp3) is 0.303. The Morgan fingerprint density at radius 1 is 0.917 bits per heavy atom. The van der Waals surface area contributed by atoms with Crippen molar-refractivity contribution in [2.75, 3.05) is 13.1 Å². The third-order valence-corrected chi connectivity index (χ3v) is 8.63. The Balaban J connectivity index is 1.44. The Bertz CT molecular complexity index is 1320. The number of pyridine rings is 1. The molecule has 4 heterocycles. The van der Waals surface area contributed by atoms with Gasteiger partial charge in [0.1, 0.15) is 18.7 Å². The molecule has 3 aromatic carbocycles. The molecule has 2 bridgehead atoms. The molecule has 0 aliphatic carbocycles. The van der Waals surface area contributed by atoms with E-state index in [4.69, 9.17) is 4.74 Å². The van der Waals surface area contributed by atoms with Crippen molar-refractivity contribution >= 4 is 10.9 Å². The van der Waals surface area contributed by atoms with Crippen molar-refractivity contribution in [3.63, 3.8) is 0 Å². The highest BCUT2D eigenvalue weighted by atomic mass is 16.5. The first-order chi connectivity index (χ1) is 17.8. The van der Waals surface area contributed by atoms with E-state index in [9.17, 15) is 0 Å². The predicted octanol–water partition coefficient (Wildman–Crippen LogP) is 7.10. The number of rotatable bonds is 8. The van der Waals surface area contributed by atoms with Crippen molar-refractivity contribution in [3.05, 3.63) is 127 Å². The summed E-state index contributed by atoms with van der Waals surface area (Å²) in [7, 11) is 0. The van der Waals surface area contributed by atoms with Crippen LogP contribution in [0.3, 0.4) is 0 Å². The van der Waals surface area contributed by atoms with Gasteiger partial charge in [-0.1, -0.05) is 84.9 Å². The minimum absolute atomic E-state index is 0.00427. The van der Waals surface area contributed by atoms with Gasteiger partial charge in [0.2, 0.25) is 0 Å². The second kappa shape index (κ2) is 10.0. The third-order valence-electron chi connectivity index (χ3n) is 8.63. The van der Waals surface area contributed by atoms with Crippen molar-refractivity contribution in [2.45, 2.75) is 38.1 Å². The molecule has 5 atom stereocenters. The first-order valence-electron chi connectivity index (χ1n) is 13.3.